The Balaban J connectivity index is 1.37. The van der Waals surface area contributed by atoms with Gasteiger partial charge in [0.1, 0.15) is 11.0 Å². The molecule has 0 spiro atoms. The first-order valence-corrected chi connectivity index (χ1v) is 12.6. The minimum atomic E-state index is -4.42. The van der Waals surface area contributed by atoms with Gasteiger partial charge in [-0.05, 0) is 54.7 Å². The van der Waals surface area contributed by atoms with Gasteiger partial charge in [-0.25, -0.2) is 9.97 Å². The van der Waals surface area contributed by atoms with Crippen molar-refractivity contribution in [3.63, 3.8) is 0 Å². The van der Waals surface area contributed by atoms with E-state index in [4.69, 9.17) is 11.6 Å². The van der Waals surface area contributed by atoms with Gasteiger partial charge < -0.3 is 10.2 Å². The zero-order valence-electron chi connectivity index (χ0n) is 18.8. The summed E-state index contributed by atoms with van der Waals surface area (Å²) in [5, 5.41) is 3.65. The summed E-state index contributed by atoms with van der Waals surface area (Å²) < 4.78 is 38.7. The van der Waals surface area contributed by atoms with Crippen LogP contribution in [0.2, 0.25) is 5.15 Å². The molecule has 1 fully saturated rings. The van der Waals surface area contributed by atoms with Gasteiger partial charge in [0.25, 0.3) is 5.91 Å². The lowest BCUT2D eigenvalue weighted by Crippen LogP contribution is -2.30. The molecule has 1 amide bonds. The van der Waals surface area contributed by atoms with Gasteiger partial charge in [0, 0.05) is 37.0 Å². The van der Waals surface area contributed by atoms with Crippen molar-refractivity contribution in [2.24, 2.45) is 0 Å². The Bertz CT molecular complexity index is 1190. The zero-order chi connectivity index (χ0) is 24.8. The van der Waals surface area contributed by atoms with E-state index in [9.17, 15) is 18.0 Å². The number of rotatable bonds is 7. The Labute approximate surface area is 211 Å². The largest absolute Gasteiger partial charge is 0.416 e. The number of thioether (sulfide) groups is 1. The molecule has 2 heterocycles. The molecule has 0 saturated carbocycles. The fraction of sp³-hybridized carbons (Fsp3) is 0.320. The Morgan fingerprint density at radius 2 is 1.74 bits per heavy atom. The van der Waals surface area contributed by atoms with Crippen molar-refractivity contribution in [2.75, 3.05) is 18.0 Å². The SMILES string of the molecule is O=C(NCc1cccc(C(F)(F)F)c1)c1cccc(CSc2nc(Cl)cc(N3CCCCC3)n2)c1. The molecule has 3 aromatic rings. The molecule has 35 heavy (non-hydrogen) atoms. The van der Waals surface area contributed by atoms with Crippen LogP contribution in [0.3, 0.4) is 0 Å². The number of hydrogen-bond acceptors (Lipinski definition) is 5. The van der Waals surface area contributed by atoms with Gasteiger partial charge in [-0.1, -0.05) is 47.6 Å². The third-order valence-corrected chi connectivity index (χ3v) is 6.72. The average Bonchev–Trinajstić information content (AvgIpc) is 2.86. The van der Waals surface area contributed by atoms with E-state index in [-0.39, 0.29) is 12.5 Å². The Kier molecular flexibility index (Phi) is 8.18. The monoisotopic (exact) mass is 520 g/mol. The number of benzene rings is 2. The van der Waals surface area contributed by atoms with Crippen LogP contribution in [0, 0.1) is 0 Å². The highest BCUT2D eigenvalue weighted by Crippen LogP contribution is 2.30. The van der Waals surface area contributed by atoms with Crippen LogP contribution in [0.4, 0.5) is 19.0 Å². The highest BCUT2D eigenvalue weighted by Gasteiger charge is 2.30. The predicted octanol–water partition coefficient (Wildman–Crippen LogP) is 6.36. The molecular formula is C25H24ClF3N4OS. The average molecular weight is 521 g/mol. The van der Waals surface area contributed by atoms with Crippen molar-refractivity contribution in [3.8, 4) is 0 Å². The first kappa shape index (κ1) is 25.3. The van der Waals surface area contributed by atoms with Crippen LogP contribution in [-0.4, -0.2) is 29.0 Å². The van der Waals surface area contributed by atoms with Gasteiger partial charge in [0.2, 0.25) is 0 Å². The summed E-state index contributed by atoms with van der Waals surface area (Å²) in [4.78, 5) is 23.8. The van der Waals surface area contributed by atoms with Crippen molar-refractivity contribution in [2.45, 2.75) is 42.9 Å². The van der Waals surface area contributed by atoms with Crippen LogP contribution in [0.25, 0.3) is 0 Å². The van der Waals surface area contributed by atoms with Gasteiger partial charge in [-0.3, -0.25) is 4.79 Å². The molecule has 10 heteroatoms. The lowest BCUT2D eigenvalue weighted by molar-refractivity contribution is -0.137. The Hall–Kier alpha value is -2.78. The summed E-state index contributed by atoms with van der Waals surface area (Å²) in [6.45, 7) is 1.90. The molecule has 0 unspecified atom stereocenters. The third kappa shape index (κ3) is 7.11. The van der Waals surface area contributed by atoms with Crippen molar-refractivity contribution in [1.29, 1.82) is 0 Å². The van der Waals surface area contributed by atoms with Gasteiger partial charge in [-0.15, -0.1) is 0 Å². The molecule has 0 atom stereocenters. The number of hydrogen-bond donors (Lipinski definition) is 1. The highest BCUT2D eigenvalue weighted by atomic mass is 35.5. The van der Waals surface area contributed by atoms with E-state index < -0.39 is 11.7 Å². The van der Waals surface area contributed by atoms with Crippen molar-refractivity contribution < 1.29 is 18.0 Å². The summed E-state index contributed by atoms with van der Waals surface area (Å²) in [5.41, 5.74) is 0.957. The van der Waals surface area contributed by atoms with Crippen LogP contribution in [0.5, 0.6) is 0 Å². The molecule has 2 aromatic carbocycles. The molecule has 0 radical (unpaired) electrons. The minimum absolute atomic E-state index is 0.00262. The molecule has 1 aliphatic rings. The molecular weight excluding hydrogens is 497 g/mol. The van der Waals surface area contributed by atoms with Crippen LogP contribution in [0.15, 0.2) is 59.8 Å². The van der Waals surface area contributed by atoms with Crippen LogP contribution in [-0.2, 0) is 18.5 Å². The standard InChI is InChI=1S/C25H24ClF3N4OS/c26-21-14-22(33-10-2-1-3-11-33)32-24(31-21)35-16-18-7-4-8-19(12-18)23(34)30-15-17-6-5-9-20(13-17)25(27,28)29/h4-9,12-14H,1-3,10-11,15-16H2,(H,30,34). The number of piperidine rings is 1. The molecule has 1 saturated heterocycles. The number of nitrogens with one attached hydrogen (secondary N) is 1. The Morgan fingerprint density at radius 1 is 1.00 bits per heavy atom. The molecule has 0 bridgehead atoms. The number of halogens is 4. The smallest absolute Gasteiger partial charge is 0.356 e. The maximum atomic E-state index is 12.9. The fourth-order valence-corrected chi connectivity index (χ4v) is 4.85. The topological polar surface area (TPSA) is 58.1 Å². The molecule has 4 rings (SSSR count). The molecule has 0 aliphatic carbocycles. The second kappa shape index (κ2) is 11.3. The second-order valence-electron chi connectivity index (χ2n) is 8.25. The van der Waals surface area contributed by atoms with Crippen LogP contribution in [0.1, 0.15) is 46.3 Å². The molecule has 1 N–H and O–H groups in total. The Morgan fingerprint density at radius 3 is 2.51 bits per heavy atom. The fourth-order valence-electron chi connectivity index (χ4n) is 3.83. The van der Waals surface area contributed by atoms with E-state index in [1.807, 2.05) is 6.07 Å². The summed E-state index contributed by atoms with van der Waals surface area (Å²) in [6.07, 6.45) is -0.937. The van der Waals surface area contributed by atoms with Gasteiger partial charge in [0.05, 0.1) is 5.56 Å². The van der Waals surface area contributed by atoms with Gasteiger partial charge >= 0.3 is 6.18 Å². The predicted molar refractivity (Wildman–Crippen MR) is 132 cm³/mol. The molecule has 5 nitrogen and oxygen atoms in total. The maximum absolute atomic E-state index is 12.9. The summed E-state index contributed by atoms with van der Waals surface area (Å²) in [7, 11) is 0. The molecule has 184 valence electrons. The first-order valence-electron chi connectivity index (χ1n) is 11.2. The second-order valence-corrected chi connectivity index (χ2v) is 9.58. The van der Waals surface area contributed by atoms with Crippen LogP contribution >= 0.6 is 23.4 Å². The van der Waals surface area contributed by atoms with Gasteiger partial charge in [-0.2, -0.15) is 13.2 Å². The van der Waals surface area contributed by atoms with E-state index in [2.05, 4.69) is 20.2 Å². The normalized spacial score (nSPS) is 14.1. The number of alkyl halides is 3. The van der Waals surface area contributed by atoms with Crippen LogP contribution < -0.4 is 10.2 Å². The number of carbonyl (C=O) groups excluding carboxylic acids is 1. The van der Waals surface area contributed by atoms with Crippen molar-refractivity contribution in [1.82, 2.24) is 15.3 Å². The zero-order valence-corrected chi connectivity index (χ0v) is 20.4. The molecule has 1 aliphatic heterocycles. The number of amides is 1. The van der Waals surface area contributed by atoms with Gasteiger partial charge in [0.15, 0.2) is 5.16 Å². The van der Waals surface area contributed by atoms with Crippen molar-refractivity contribution >= 4 is 35.1 Å². The quantitative estimate of drug-likeness (QED) is 0.223. The maximum Gasteiger partial charge on any atom is 0.416 e. The lowest BCUT2D eigenvalue weighted by Gasteiger charge is -2.27. The first-order chi connectivity index (χ1) is 16.8. The van der Waals surface area contributed by atoms with E-state index in [0.717, 1.165) is 49.4 Å². The third-order valence-electron chi connectivity index (χ3n) is 5.61. The number of carbonyl (C=O) groups is 1. The van der Waals surface area contributed by atoms with Crippen molar-refractivity contribution in [3.05, 3.63) is 82.0 Å². The number of aromatic nitrogens is 2. The summed E-state index contributed by atoms with van der Waals surface area (Å²) >= 11 is 7.66. The highest BCUT2D eigenvalue weighted by molar-refractivity contribution is 7.98. The summed E-state index contributed by atoms with van der Waals surface area (Å²) in [5.74, 6) is 1.00. The summed E-state index contributed by atoms with van der Waals surface area (Å²) in [6, 6.07) is 13.8. The van der Waals surface area contributed by atoms with E-state index in [1.165, 1.54) is 24.2 Å². The number of anilines is 1. The van der Waals surface area contributed by atoms with E-state index in [1.54, 1.807) is 30.3 Å². The van der Waals surface area contributed by atoms with E-state index in [0.29, 0.717) is 27.2 Å². The number of nitrogens with zero attached hydrogens (tertiary/aromatic N) is 3. The molecule has 1 aromatic heterocycles. The minimum Gasteiger partial charge on any atom is -0.356 e. The lowest BCUT2D eigenvalue weighted by atomic mass is 10.1. The van der Waals surface area contributed by atoms with E-state index >= 15 is 0 Å².